The van der Waals surface area contributed by atoms with Gasteiger partial charge in [-0.3, -0.25) is 4.79 Å². The molecule has 3 aliphatic heterocycles. The molecule has 3 fully saturated rings. The molecule has 0 radical (unpaired) electrons. The topological polar surface area (TPSA) is 288 Å². The Morgan fingerprint density at radius 2 is 1.18 bits per heavy atom. The Kier molecular flexibility index (Phi) is 10.5. The predicted octanol–water partition coefficient (Wildman–Crippen LogP) is -1.86. The second-order valence-electron chi connectivity index (χ2n) is 12.9. The average Bonchev–Trinajstić information content (AvgIpc) is 3.64. The number of hydrogen-bond donors (Lipinski definition) is 10. The summed E-state index contributed by atoms with van der Waals surface area (Å²) in [7, 11) is 0. The fraction of sp³-hybridized carbons (Fsp3) is 0.545. The van der Waals surface area contributed by atoms with Crippen molar-refractivity contribution in [2.24, 2.45) is 0 Å². The molecule has 280 valence electrons. The van der Waals surface area contributed by atoms with Gasteiger partial charge in [0.25, 0.3) is 0 Å². The molecule has 0 amide bonds. The van der Waals surface area contributed by atoms with Crippen LogP contribution in [0.5, 0.6) is 23.0 Å². The molecule has 6 rings (SSSR count). The maximum absolute atomic E-state index is 13.9. The molecule has 18 nitrogen and oxygen atoms in total. The van der Waals surface area contributed by atoms with Gasteiger partial charge in [-0.25, -0.2) is 0 Å². The molecule has 0 spiro atoms. The van der Waals surface area contributed by atoms with E-state index >= 15 is 0 Å². The third kappa shape index (κ3) is 6.98. The van der Waals surface area contributed by atoms with Gasteiger partial charge in [-0.05, 0) is 45.0 Å². The fourth-order valence-electron chi connectivity index (χ4n) is 6.28. The number of hydrogen-bond acceptors (Lipinski definition) is 18. The SMILES string of the molecule is C[C@H](O)[C@@H]1O[C@@H](Oc2c(-c3ccc(O)cc3)oc3cc(O[C@@H]4O[C@@H]([C@@H](C)O[C@@H]5O[C@@H]([C@@H](C)O)[C@@H](O)[C@H]5O)[C@@H](O)[C@H]4O)cc(O)c3c2=O)[C@H](O)[C@@H]1O. The van der Waals surface area contributed by atoms with Crippen molar-refractivity contribution >= 4 is 11.0 Å². The Hall–Kier alpha value is -3.63. The van der Waals surface area contributed by atoms with Crippen LogP contribution in [0.2, 0.25) is 0 Å². The Bertz CT molecular complexity index is 1740. The van der Waals surface area contributed by atoms with Crippen molar-refractivity contribution in [2.45, 2.75) is 113 Å². The smallest absolute Gasteiger partial charge is 0.239 e. The Morgan fingerprint density at radius 3 is 1.75 bits per heavy atom. The fourth-order valence-corrected chi connectivity index (χ4v) is 6.28. The number of rotatable bonds is 10. The van der Waals surface area contributed by atoms with Crippen molar-refractivity contribution < 1.29 is 83.9 Å². The summed E-state index contributed by atoms with van der Waals surface area (Å²) in [5, 5.41) is 103. The van der Waals surface area contributed by atoms with Crippen LogP contribution in [0.25, 0.3) is 22.3 Å². The highest BCUT2D eigenvalue weighted by atomic mass is 16.7. The lowest BCUT2D eigenvalue weighted by atomic mass is 10.1. The van der Waals surface area contributed by atoms with E-state index in [-0.39, 0.29) is 28.4 Å². The zero-order valence-electron chi connectivity index (χ0n) is 27.4. The number of benzene rings is 2. The third-order valence-electron chi connectivity index (χ3n) is 9.05. The van der Waals surface area contributed by atoms with Crippen molar-refractivity contribution in [3.63, 3.8) is 0 Å². The summed E-state index contributed by atoms with van der Waals surface area (Å²) in [5.74, 6) is -1.76. The first-order valence-corrected chi connectivity index (χ1v) is 16.1. The first-order valence-electron chi connectivity index (χ1n) is 16.1. The maximum Gasteiger partial charge on any atom is 0.239 e. The van der Waals surface area contributed by atoms with Crippen LogP contribution in [0.3, 0.4) is 0 Å². The van der Waals surface area contributed by atoms with Crippen molar-refractivity contribution in [3.8, 4) is 34.3 Å². The van der Waals surface area contributed by atoms with Gasteiger partial charge in [-0.2, -0.15) is 0 Å². The molecule has 3 aliphatic rings. The first-order chi connectivity index (χ1) is 24.1. The zero-order valence-corrected chi connectivity index (χ0v) is 27.4. The Morgan fingerprint density at radius 1 is 0.667 bits per heavy atom. The average molecular weight is 725 g/mol. The molecule has 3 aromatic rings. The number of aliphatic hydroxyl groups excluding tert-OH is 8. The quantitative estimate of drug-likeness (QED) is 0.110. The van der Waals surface area contributed by atoms with E-state index in [1.54, 1.807) is 0 Å². The van der Waals surface area contributed by atoms with E-state index in [4.69, 9.17) is 32.8 Å². The molecule has 0 bridgehead atoms. The maximum atomic E-state index is 13.9. The van der Waals surface area contributed by atoms with E-state index in [1.165, 1.54) is 51.1 Å². The highest BCUT2D eigenvalue weighted by molar-refractivity contribution is 5.88. The van der Waals surface area contributed by atoms with Gasteiger partial charge in [0, 0.05) is 17.7 Å². The Labute approximate surface area is 288 Å². The molecule has 51 heavy (non-hydrogen) atoms. The van der Waals surface area contributed by atoms with Gasteiger partial charge in [0.1, 0.15) is 83.2 Å². The van der Waals surface area contributed by atoms with Crippen LogP contribution in [0, 0.1) is 0 Å². The minimum atomic E-state index is -1.69. The lowest BCUT2D eigenvalue weighted by Crippen LogP contribution is -2.43. The van der Waals surface area contributed by atoms with E-state index in [9.17, 15) is 55.9 Å². The number of ether oxygens (including phenoxy) is 6. The van der Waals surface area contributed by atoms with Crippen LogP contribution in [-0.4, -0.2) is 143 Å². The van der Waals surface area contributed by atoms with Gasteiger partial charge >= 0.3 is 0 Å². The molecule has 18 heteroatoms. The zero-order chi connectivity index (χ0) is 37.0. The molecule has 1 aromatic heterocycles. The van der Waals surface area contributed by atoms with Crippen LogP contribution in [0.4, 0.5) is 0 Å². The molecular weight excluding hydrogens is 684 g/mol. The largest absolute Gasteiger partial charge is 0.508 e. The van der Waals surface area contributed by atoms with Gasteiger partial charge in [0.05, 0.1) is 18.3 Å². The molecule has 2 aromatic carbocycles. The summed E-state index contributed by atoms with van der Waals surface area (Å²) in [6.07, 6.45) is -21.1. The summed E-state index contributed by atoms with van der Waals surface area (Å²) in [5.41, 5.74) is -0.988. The summed E-state index contributed by atoms with van der Waals surface area (Å²) in [6, 6.07) is 7.57. The molecule has 15 atom stereocenters. The second kappa shape index (κ2) is 14.4. The van der Waals surface area contributed by atoms with Crippen molar-refractivity contribution in [1.29, 1.82) is 0 Å². The monoisotopic (exact) mass is 724 g/mol. The molecular formula is C33H40O18. The van der Waals surface area contributed by atoms with Crippen LogP contribution in [0.1, 0.15) is 20.8 Å². The minimum Gasteiger partial charge on any atom is -0.508 e. The lowest BCUT2D eigenvalue weighted by Gasteiger charge is -2.26. The van der Waals surface area contributed by atoms with E-state index in [2.05, 4.69) is 0 Å². The van der Waals surface area contributed by atoms with Gasteiger partial charge in [0.15, 0.2) is 12.1 Å². The van der Waals surface area contributed by atoms with Gasteiger partial charge < -0.3 is 83.9 Å². The van der Waals surface area contributed by atoms with Gasteiger partial charge in [-0.15, -0.1) is 0 Å². The molecule has 3 saturated heterocycles. The predicted molar refractivity (Wildman–Crippen MR) is 168 cm³/mol. The van der Waals surface area contributed by atoms with Crippen LogP contribution >= 0.6 is 0 Å². The number of phenolic OH excluding ortho intramolecular Hbond substituents is 2. The first kappa shape index (κ1) is 37.1. The van der Waals surface area contributed by atoms with E-state index < -0.39 is 114 Å². The molecule has 10 N–H and O–H groups in total. The highest BCUT2D eigenvalue weighted by Crippen LogP contribution is 2.39. The van der Waals surface area contributed by atoms with Crippen LogP contribution in [0.15, 0.2) is 45.6 Å². The van der Waals surface area contributed by atoms with Crippen LogP contribution < -0.4 is 14.9 Å². The van der Waals surface area contributed by atoms with Crippen LogP contribution in [-0.2, 0) is 18.9 Å². The summed E-state index contributed by atoms with van der Waals surface area (Å²) in [6.45, 7) is 4.14. The number of phenols is 2. The molecule has 0 aliphatic carbocycles. The summed E-state index contributed by atoms with van der Waals surface area (Å²) >= 11 is 0. The van der Waals surface area contributed by atoms with E-state index in [0.29, 0.717) is 0 Å². The van der Waals surface area contributed by atoms with Crippen molar-refractivity contribution in [1.82, 2.24) is 0 Å². The normalized spacial score (nSPS) is 35.6. The summed E-state index contributed by atoms with van der Waals surface area (Å²) in [4.78, 5) is 13.9. The van der Waals surface area contributed by atoms with Crippen molar-refractivity contribution in [3.05, 3.63) is 46.6 Å². The lowest BCUT2D eigenvalue weighted by molar-refractivity contribution is -0.226. The molecule has 0 saturated carbocycles. The third-order valence-corrected chi connectivity index (χ3v) is 9.05. The molecule has 4 heterocycles. The van der Waals surface area contributed by atoms with Crippen molar-refractivity contribution in [2.75, 3.05) is 0 Å². The van der Waals surface area contributed by atoms with Gasteiger partial charge in [-0.1, -0.05) is 0 Å². The number of fused-ring (bicyclic) bond motifs is 1. The van der Waals surface area contributed by atoms with Gasteiger partial charge in [0.2, 0.25) is 23.8 Å². The highest BCUT2D eigenvalue weighted by Gasteiger charge is 2.51. The number of aromatic hydroxyl groups is 2. The standard InChI is InChI=1S/C33H40O18/c1-10(34)26-20(39)23(42)31(48-26)45-12(3)28-22(41)25(44)32(50-28)46-15-8-16(37)18-17(9-15)47-29(13-4-6-14(36)7-5-13)30(19(18)38)51-33-24(43)21(40)27(49-33)11(2)35/h4-12,20-28,31-37,39-44H,1-3H3/t10-,11+,12-,20+,21+,22+,23-,24-,25-,26+,27+,28+,31-,32-,33+/m1/s1. The Balaban J connectivity index is 1.27. The minimum absolute atomic E-state index is 0.112. The summed E-state index contributed by atoms with van der Waals surface area (Å²) < 4.78 is 39.8. The molecule has 0 unspecified atom stereocenters. The number of aliphatic hydroxyl groups is 8. The van der Waals surface area contributed by atoms with E-state index in [1.807, 2.05) is 0 Å². The second-order valence-corrected chi connectivity index (χ2v) is 12.9. The van der Waals surface area contributed by atoms with E-state index in [0.717, 1.165) is 6.07 Å².